The zero-order valence-electron chi connectivity index (χ0n) is 15.8. The van der Waals surface area contributed by atoms with E-state index in [9.17, 15) is 9.59 Å². The molecule has 4 rings (SSSR count). The molecule has 0 unspecified atom stereocenters. The second kappa shape index (κ2) is 8.30. The Labute approximate surface area is 160 Å². The highest BCUT2D eigenvalue weighted by molar-refractivity contribution is 5.82. The number of urea groups is 1. The van der Waals surface area contributed by atoms with Crippen molar-refractivity contribution < 1.29 is 14.3 Å². The maximum Gasteiger partial charge on any atom is 0.318 e. The molecule has 6 heteroatoms. The van der Waals surface area contributed by atoms with Crippen molar-refractivity contribution in [2.24, 2.45) is 5.92 Å². The molecular formula is C21H29N3O3. The van der Waals surface area contributed by atoms with Crippen LogP contribution in [0.2, 0.25) is 0 Å². The molecule has 2 saturated heterocycles. The molecule has 0 bridgehead atoms. The molecule has 2 atom stereocenters. The third-order valence-corrected chi connectivity index (χ3v) is 6.14. The van der Waals surface area contributed by atoms with Crippen LogP contribution >= 0.6 is 0 Å². The molecule has 1 aliphatic carbocycles. The van der Waals surface area contributed by atoms with Crippen LogP contribution in [-0.2, 0) is 9.53 Å². The fourth-order valence-corrected chi connectivity index (χ4v) is 4.24. The minimum Gasteiger partial charge on any atom is -0.368 e. The van der Waals surface area contributed by atoms with Crippen molar-refractivity contribution in [3.63, 3.8) is 0 Å². The summed E-state index contributed by atoms with van der Waals surface area (Å²) in [4.78, 5) is 29.0. The first-order chi connectivity index (χ1) is 13.2. The molecule has 146 valence electrons. The molecule has 2 aliphatic heterocycles. The largest absolute Gasteiger partial charge is 0.368 e. The quantitative estimate of drug-likeness (QED) is 0.885. The van der Waals surface area contributed by atoms with E-state index in [4.69, 9.17) is 4.74 Å². The van der Waals surface area contributed by atoms with E-state index in [1.807, 2.05) is 28.0 Å². The van der Waals surface area contributed by atoms with E-state index in [1.165, 1.54) is 24.8 Å². The highest BCUT2D eigenvalue weighted by Crippen LogP contribution is 2.37. The number of carbonyl (C=O) groups excluding carboxylic acids is 2. The summed E-state index contributed by atoms with van der Waals surface area (Å²) >= 11 is 0. The third-order valence-electron chi connectivity index (χ3n) is 6.14. The van der Waals surface area contributed by atoms with Crippen LogP contribution in [0, 0.1) is 5.92 Å². The molecule has 1 aromatic rings. The van der Waals surface area contributed by atoms with Crippen LogP contribution in [0.3, 0.4) is 0 Å². The normalized spacial score (nSPS) is 24.4. The second-order valence-corrected chi connectivity index (χ2v) is 7.84. The first-order valence-corrected chi connectivity index (χ1v) is 10.2. The number of ether oxygens (including phenoxy) is 1. The standard InChI is InChI=1S/C21H29N3O3/c25-20(18-10-5-15-27-18)23-11-13-24(14-12-23)21(26)22-19(17-8-4-9-17)16-6-2-1-3-7-16/h1-3,6-7,17-19H,4-5,8-15H2,(H,22,26)/t18-,19-/m0/s1. The first kappa shape index (κ1) is 18.3. The fraction of sp³-hybridized carbons (Fsp3) is 0.619. The van der Waals surface area contributed by atoms with Crippen LogP contribution in [0.1, 0.15) is 43.7 Å². The van der Waals surface area contributed by atoms with E-state index in [1.54, 1.807) is 0 Å². The number of nitrogens with one attached hydrogen (secondary N) is 1. The zero-order chi connectivity index (χ0) is 18.6. The summed E-state index contributed by atoms with van der Waals surface area (Å²) in [5.41, 5.74) is 1.18. The van der Waals surface area contributed by atoms with E-state index >= 15 is 0 Å². The van der Waals surface area contributed by atoms with Gasteiger partial charge in [0.15, 0.2) is 0 Å². The maximum atomic E-state index is 12.8. The Hall–Kier alpha value is -2.08. The number of hydrogen-bond acceptors (Lipinski definition) is 3. The maximum absolute atomic E-state index is 12.8. The van der Waals surface area contributed by atoms with Crippen molar-refractivity contribution in [1.29, 1.82) is 0 Å². The van der Waals surface area contributed by atoms with Gasteiger partial charge in [-0.1, -0.05) is 36.8 Å². The van der Waals surface area contributed by atoms with Gasteiger partial charge in [-0.3, -0.25) is 4.79 Å². The Kier molecular flexibility index (Phi) is 5.62. The highest BCUT2D eigenvalue weighted by atomic mass is 16.5. The van der Waals surface area contributed by atoms with Crippen molar-refractivity contribution in [3.8, 4) is 0 Å². The molecule has 3 fully saturated rings. The van der Waals surface area contributed by atoms with Crippen LogP contribution in [0.4, 0.5) is 4.79 Å². The van der Waals surface area contributed by atoms with Gasteiger partial charge < -0.3 is 19.9 Å². The molecule has 2 heterocycles. The molecule has 1 saturated carbocycles. The van der Waals surface area contributed by atoms with E-state index in [2.05, 4.69) is 17.4 Å². The molecule has 3 aliphatic rings. The molecule has 0 spiro atoms. The van der Waals surface area contributed by atoms with Crippen LogP contribution in [0.15, 0.2) is 30.3 Å². The number of piperazine rings is 1. The zero-order valence-corrected chi connectivity index (χ0v) is 15.8. The van der Waals surface area contributed by atoms with E-state index in [0.717, 1.165) is 12.8 Å². The Morgan fingerprint density at radius 2 is 1.67 bits per heavy atom. The van der Waals surface area contributed by atoms with Gasteiger partial charge in [-0.2, -0.15) is 0 Å². The molecule has 1 N–H and O–H groups in total. The van der Waals surface area contributed by atoms with Gasteiger partial charge in [0.2, 0.25) is 0 Å². The molecule has 6 nitrogen and oxygen atoms in total. The highest BCUT2D eigenvalue weighted by Gasteiger charge is 2.34. The van der Waals surface area contributed by atoms with Gasteiger partial charge in [0.25, 0.3) is 5.91 Å². The number of rotatable bonds is 4. The molecule has 0 radical (unpaired) electrons. The van der Waals surface area contributed by atoms with Crippen molar-refractivity contribution in [1.82, 2.24) is 15.1 Å². The van der Waals surface area contributed by atoms with Gasteiger partial charge in [0, 0.05) is 32.8 Å². The summed E-state index contributed by atoms with van der Waals surface area (Å²) in [6, 6.07) is 10.3. The van der Waals surface area contributed by atoms with Crippen LogP contribution in [-0.4, -0.2) is 60.6 Å². The molecule has 3 amide bonds. The summed E-state index contributed by atoms with van der Waals surface area (Å²) in [6.07, 6.45) is 5.09. The number of hydrogen-bond donors (Lipinski definition) is 1. The molecular weight excluding hydrogens is 342 g/mol. The van der Waals surface area contributed by atoms with E-state index < -0.39 is 0 Å². The Bertz CT molecular complexity index is 648. The SMILES string of the molecule is O=C(N[C@@H](c1ccccc1)C1CCC1)N1CCN(C(=O)[C@@H]2CCCO2)CC1. The molecule has 27 heavy (non-hydrogen) atoms. The van der Waals surface area contributed by atoms with Gasteiger partial charge >= 0.3 is 6.03 Å². The van der Waals surface area contributed by atoms with Crippen LogP contribution in [0.25, 0.3) is 0 Å². The molecule has 0 aromatic heterocycles. The first-order valence-electron chi connectivity index (χ1n) is 10.2. The summed E-state index contributed by atoms with van der Waals surface area (Å²) in [5, 5.41) is 3.26. The van der Waals surface area contributed by atoms with Gasteiger partial charge in [0.1, 0.15) is 6.10 Å². The Morgan fingerprint density at radius 3 is 2.26 bits per heavy atom. The summed E-state index contributed by atoms with van der Waals surface area (Å²) < 4.78 is 5.50. The second-order valence-electron chi connectivity index (χ2n) is 7.84. The summed E-state index contributed by atoms with van der Waals surface area (Å²) in [7, 11) is 0. The van der Waals surface area contributed by atoms with Gasteiger partial charge in [-0.15, -0.1) is 0 Å². The summed E-state index contributed by atoms with van der Waals surface area (Å²) in [6.45, 7) is 3.02. The fourth-order valence-electron chi connectivity index (χ4n) is 4.24. The Balaban J connectivity index is 1.32. The monoisotopic (exact) mass is 371 g/mol. The van der Waals surface area contributed by atoms with Crippen molar-refractivity contribution in [3.05, 3.63) is 35.9 Å². The predicted molar refractivity (Wildman–Crippen MR) is 102 cm³/mol. The number of amides is 3. The van der Waals surface area contributed by atoms with Crippen molar-refractivity contribution in [2.45, 2.75) is 44.2 Å². The molecule has 1 aromatic carbocycles. The van der Waals surface area contributed by atoms with Crippen molar-refractivity contribution >= 4 is 11.9 Å². The van der Waals surface area contributed by atoms with E-state index in [-0.39, 0.29) is 24.1 Å². The van der Waals surface area contributed by atoms with Gasteiger partial charge in [0.05, 0.1) is 6.04 Å². The Morgan fingerprint density at radius 1 is 0.963 bits per heavy atom. The van der Waals surface area contributed by atoms with Gasteiger partial charge in [-0.05, 0) is 37.2 Å². The van der Waals surface area contributed by atoms with Crippen LogP contribution < -0.4 is 5.32 Å². The van der Waals surface area contributed by atoms with Crippen molar-refractivity contribution in [2.75, 3.05) is 32.8 Å². The number of nitrogens with zero attached hydrogens (tertiary/aromatic N) is 2. The summed E-state index contributed by atoms with van der Waals surface area (Å²) in [5.74, 6) is 0.614. The minimum absolute atomic E-state index is 0.0139. The average molecular weight is 371 g/mol. The number of carbonyl (C=O) groups is 2. The van der Waals surface area contributed by atoms with Gasteiger partial charge in [-0.25, -0.2) is 4.79 Å². The topological polar surface area (TPSA) is 61.9 Å². The smallest absolute Gasteiger partial charge is 0.318 e. The lowest BCUT2D eigenvalue weighted by Gasteiger charge is -2.39. The number of benzene rings is 1. The lowest BCUT2D eigenvalue weighted by atomic mass is 9.77. The third kappa shape index (κ3) is 4.10. The van der Waals surface area contributed by atoms with E-state index in [0.29, 0.717) is 38.7 Å². The van der Waals surface area contributed by atoms with Crippen LogP contribution in [0.5, 0.6) is 0 Å². The predicted octanol–water partition coefficient (Wildman–Crippen LogP) is 2.56. The average Bonchev–Trinajstić information content (AvgIpc) is 3.21. The minimum atomic E-state index is -0.272. The lowest BCUT2D eigenvalue weighted by molar-refractivity contribution is -0.142. The lowest BCUT2D eigenvalue weighted by Crippen LogP contribution is -2.55.